The predicted molar refractivity (Wildman–Crippen MR) is 117 cm³/mol. The smallest absolute Gasteiger partial charge is 0.295 e. The van der Waals surface area contributed by atoms with E-state index in [4.69, 9.17) is 21.1 Å². The van der Waals surface area contributed by atoms with Crippen LogP contribution in [-0.2, 0) is 4.79 Å². The van der Waals surface area contributed by atoms with Crippen LogP contribution < -0.4 is 14.8 Å². The molecule has 1 heterocycles. The molecule has 2 amide bonds. The Morgan fingerprint density at radius 1 is 1.07 bits per heavy atom. The monoisotopic (exact) mass is 432 g/mol. The summed E-state index contributed by atoms with van der Waals surface area (Å²) in [4.78, 5) is 26.5. The Balaban J connectivity index is 1.75. The van der Waals surface area contributed by atoms with E-state index in [0.717, 1.165) is 22.2 Å². The summed E-state index contributed by atoms with van der Waals surface area (Å²) in [5, 5.41) is 3.21. The van der Waals surface area contributed by atoms with E-state index in [2.05, 4.69) is 5.32 Å². The number of thioether (sulfide) groups is 1. The average molecular weight is 433 g/mol. The standard InChI is InChI=1S/C21H21ClN2O4S/c1-3-27-17-10-9-14(11-18(17)28-4-2)12-19-20(25)24(21(26)29-19)13-23-16-8-6-5-7-15(16)22/h5-12,23H,3-4,13H2,1-2H3/b19-12+. The van der Waals surface area contributed by atoms with Gasteiger partial charge < -0.3 is 14.8 Å². The van der Waals surface area contributed by atoms with Crippen LogP contribution in [0.4, 0.5) is 10.5 Å². The van der Waals surface area contributed by atoms with Crippen LogP contribution in [0.5, 0.6) is 11.5 Å². The van der Waals surface area contributed by atoms with Crippen LogP contribution in [0, 0.1) is 0 Å². The summed E-state index contributed by atoms with van der Waals surface area (Å²) in [5.41, 5.74) is 1.41. The molecule has 6 nitrogen and oxygen atoms in total. The highest BCUT2D eigenvalue weighted by atomic mass is 35.5. The Kier molecular flexibility index (Phi) is 7.06. The van der Waals surface area contributed by atoms with Crippen molar-refractivity contribution >= 4 is 46.3 Å². The van der Waals surface area contributed by atoms with E-state index >= 15 is 0 Å². The molecule has 2 aromatic carbocycles. The number of para-hydroxylation sites is 1. The van der Waals surface area contributed by atoms with Crippen LogP contribution in [0.25, 0.3) is 6.08 Å². The van der Waals surface area contributed by atoms with Crippen molar-refractivity contribution in [3.05, 3.63) is 58.0 Å². The minimum Gasteiger partial charge on any atom is -0.490 e. The maximum Gasteiger partial charge on any atom is 0.295 e. The summed E-state index contributed by atoms with van der Waals surface area (Å²) >= 11 is 7.01. The number of hydrogen-bond donors (Lipinski definition) is 1. The van der Waals surface area contributed by atoms with Gasteiger partial charge in [0.15, 0.2) is 11.5 Å². The van der Waals surface area contributed by atoms with Gasteiger partial charge in [-0.2, -0.15) is 0 Å². The molecule has 2 aromatic rings. The lowest BCUT2D eigenvalue weighted by molar-refractivity contribution is -0.122. The Hall–Kier alpha value is -2.64. The fourth-order valence-electron chi connectivity index (χ4n) is 2.71. The first-order chi connectivity index (χ1) is 14.0. The SMILES string of the molecule is CCOc1ccc(/C=C2/SC(=O)N(CNc3ccccc3Cl)C2=O)cc1OCC. The fraction of sp³-hybridized carbons (Fsp3) is 0.238. The molecule has 0 atom stereocenters. The van der Waals surface area contributed by atoms with Gasteiger partial charge >= 0.3 is 0 Å². The van der Waals surface area contributed by atoms with E-state index in [-0.39, 0.29) is 17.8 Å². The maximum atomic E-state index is 12.7. The summed E-state index contributed by atoms with van der Waals surface area (Å²) in [6.45, 7) is 4.85. The van der Waals surface area contributed by atoms with Gasteiger partial charge in [0.1, 0.15) is 0 Å². The molecule has 0 radical (unpaired) electrons. The predicted octanol–water partition coefficient (Wildman–Crippen LogP) is 5.24. The first-order valence-electron chi connectivity index (χ1n) is 9.17. The number of anilines is 1. The Morgan fingerprint density at radius 2 is 1.79 bits per heavy atom. The van der Waals surface area contributed by atoms with Crippen LogP contribution >= 0.6 is 23.4 Å². The normalized spacial score (nSPS) is 15.1. The third-order valence-electron chi connectivity index (χ3n) is 4.04. The van der Waals surface area contributed by atoms with Crippen molar-refractivity contribution in [3.8, 4) is 11.5 Å². The molecule has 0 saturated carbocycles. The number of imide groups is 1. The van der Waals surface area contributed by atoms with Crippen LogP contribution in [0.2, 0.25) is 5.02 Å². The highest BCUT2D eigenvalue weighted by Gasteiger charge is 2.34. The van der Waals surface area contributed by atoms with Gasteiger partial charge in [0.25, 0.3) is 11.1 Å². The molecule has 0 spiro atoms. The molecule has 0 aliphatic carbocycles. The summed E-state index contributed by atoms with van der Waals surface area (Å²) in [6.07, 6.45) is 1.68. The number of nitrogens with zero attached hydrogens (tertiary/aromatic N) is 1. The van der Waals surface area contributed by atoms with Crippen LogP contribution in [0.1, 0.15) is 19.4 Å². The molecule has 0 bridgehead atoms. The molecule has 1 fully saturated rings. The lowest BCUT2D eigenvalue weighted by atomic mass is 10.2. The second-order valence-electron chi connectivity index (χ2n) is 6.00. The van der Waals surface area contributed by atoms with Gasteiger partial charge in [0, 0.05) is 0 Å². The molecule has 0 aromatic heterocycles. The summed E-state index contributed by atoms with van der Waals surface area (Å²) < 4.78 is 11.2. The van der Waals surface area contributed by atoms with Crippen molar-refractivity contribution < 1.29 is 19.1 Å². The van der Waals surface area contributed by atoms with Gasteiger partial charge in [-0.05, 0) is 61.5 Å². The van der Waals surface area contributed by atoms with Gasteiger partial charge in [-0.3, -0.25) is 14.5 Å². The largest absolute Gasteiger partial charge is 0.490 e. The average Bonchev–Trinajstić information content (AvgIpc) is 2.96. The molecular formula is C21H21ClN2O4S. The first-order valence-corrected chi connectivity index (χ1v) is 10.4. The second kappa shape index (κ2) is 9.71. The molecule has 3 rings (SSSR count). The van der Waals surface area contributed by atoms with Gasteiger partial charge in [-0.1, -0.05) is 29.8 Å². The van der Waals surface area contributed by atoms with Crippen molar-refractivity contribution in [3.63, 3.8) is 0 Å². The minimum atomic E-state index is -0.355. The topological polar surface area (TPSA) is 67.9 Å². The number of ether oxygens (including phenoxy) is 2. The number of rotatable bonds is 8. The van der Waals surface area contributed by atoms with E-state index in [1.54, 1.807) is 30.3 Å². The molecule has 1 saturated heterocycles. The molecule has 29 heavy (non-hydrogen) atoms. The zero-order valence-corrected chi connectivity index (χ0v) is 17.7. The van der Waals surface area contributed by atoms with Gasteiger partial charge in [-0.15, -0.1) is 0 Å². The van der Waals surface area contributed by atoms with E-state index in [1.807, 2.05) is 32.0 Å². The second-order valence-corrected chi connectivity index (χ2v) is 7.40. The molecule has 0 unspecified atom stereocenters. The van der Waals surface area contributed by atoms with E-state index in [0.29, 0.717) is 40.3 Å². The highest BCUT2D eigenvalue weighted by molar-refractivity contribution is 8.18. The molecule has 1 aliphatic rings. The van der Waals surface area contributed by atoms with Gasteiger partial charge in [0.05, 0.1) is 35.5 Å². The first kappa shape index (κ1) is 21.1. The minimum absolute atomic E-state index is 0.0409. The van der Waals surface area contributed by atoms with Crippen LogP contribution in [0.15, 0.2) is 47.4 Å². The van der Waals surface area contributed by atoms with Crippen molar-refractivity contribution in [1.82, 2.24) is 4.90 Å². The highest BCUT2D eigenvalue weighted by Crippen LogP contribution is 2.35. The third kappa shape index (κ3) is 5.05. The van der Waals surface area contributed by atoms with Crippen molar-refractivity contribution in [2.24, 2.45) is 0 Å². The number of nitrogens with one attached hydrogen (secondary N) is 1. The quantitative estimate of drug-likeness (QED) is 0.575. The van der Waals surface area contributed by atoms with Gasteiger partial charge in [0.2, 0.25) is 0 Å². The summed E-state index contributed by atoms with van der Waals surface area (Å²) in [5.74, 6) is 0.887. The van der Waals surface area contributed by atoms with Crippen LogP contribution in [0.3, 0.4) is 0 Å². The Bertz CT molecular complexity index is 948. The lowest BCUT2D eigenvalue weighted by Gasteiger charge is -2.15. The Morgan fingerprint density at radius 3 is 2.52 bits per heavy atom. The van der Waals surface area contributed by atoms with Crippen molar-refractivity contribution in [1.29, 1.82) is 0 Å². The molecule has 152 valence electrons. The number of benzene rings is 2. The lowest BCUT2D eigenvalue weighted by Crippen LogP contribution is -2.33. The molecular weight excluding hydrogens is 412 g/mol. The summed E-state index contributed by atoms with van der Waals surface area (Å²) in [6, 6.07) is 12.6. The van der Waals surface area contributed by atoms with Crippen molar-refractivity contribution in [2.75, 3.05) is 25.2 Å². The van der Waals surface area contributed by atoms with E-state index in [9.17, 15) is 9.59 Å². The third-order valence-corrected chi connectivity index (χ3v) is 5.28. The van der Waals surface area contributed by atoms with E-state index < -0.39 is 0 Å². The van der Waals surface area contributed by atoms with Crippen molar-refractivity contribution in [2.45, 2.75) is 13.8 Å². The molecule has 1 N–H and O–H groups in total. The van der Waals surface area contributed by atoms with Gasteiger partial charge in [-0.25, -0.2) is 0 Å². The fourth-order valence-corrected chi connectivity index (χ4v) is 3.75. The van der Waals surface area contributed by atoms with E-state index in [1.165, 1.54) is 0 Å². The number of amides is 2. The number of carbonyl (C=O) groups is 2. The molecule has 8 heteroatoms. The zero-order chi connectivity index (χ0) is 20.8. The maximum absolute atomic E-state index is 12.7. The molecule has 1 aliphatic heterocycles. The number of carbonyl (C=O) groups excluding carboxylic acids is 2. The Labute approximate surface area is 178 Å². The summed E-state index contributed by atoms with van der Waals surface area (Å²) in [7, 11) is 0. The number of halogens is 1. The zero-order valence-electron chi connectivity index (χ0n) is 16.1. The van der Waals surface area contributed by atoms with Crippen LogP contribution in [-0.4, -0.2) is 35.9 Å². The number of hydrogen-bond acceptors (Lipinski definition) is 6.